The van der Waals surface area contributed by atoms with Crippen LogP contribution in [0, 0.1) is 0 Å². The molecule has 5 rings (SSSR count). The molecule has 0 fully saturated rings. The molecule has 0 saturated heterocycles. The van der Waals surface area contributed by atoms with E-state index in [2.05, 4.69) is 45.7 Å². The lowest BCUT2D eigenvalue weighted by molar-refractivity contribution is 0.0750. The molecule has 0 amide bonds. The first-order chi connectivity index (χ1) is 21.2. The average molecular weight is 581 g/mol. The van der Waals surface area contributed by atoms with Gasteiger partial charge < -0.3 is 29.0 Å². The number of aromatic nitrogens is 3. The Labute approximate surface area is 252 Å². The fraction of sp³-hybridized carbons (Fsp3) is 0.235. The highest BCUT2D eigenvalue weighted by atomic mass is 16.5. The van der Waals surface area contributed by atoms with Crippen LogP contribution >= 0.6 is 0 Å². The zero-order valence-corrected chi connectivity index (χ0v) is 24.4. The summed E-state index contributed by atoms with van der Waals surface area (Å²) in [5.74, 6) is 2.89. The van der Waals surface area contributed by atoms with Gasteiger partial charge in [-0.25, -0.2) is 9.67 Å². The summed E-state index contributed by atoms with van der Waals surface area (Å²) in [6.45, 7) is 2.25. The van der Waals surface area contributed by atoms with Gasteiger partial charge in [0.1, 0.15) is 30.5 Å². The first kappa shape index (κ1) is 29.5. The lowest BCUT2D eigenvalue weighted by Gasteiger charge is -2.17. The molecule has 0 aliphatic heterocycles. The van der Waals surface area contributed by atoms with Crippen molar-refractivity contribution in [2.24, 2.45) is 0 Å². The summed E-state index contributed by atoms with van der Waals surface area (Å²) >= 11 is 0. The molecule has 0 atom stereocenters. The molecular formula is C34H36N4O5. The van der Waals surface area contributed by atoms with Gasteiger partial charge in [-0.15, -0.1) is 0 Å². The number of rotatable bonds is 16. The summed E-state index contributed by atoms with van der Waals surface area (Å²) in [6.07, 6.45) is 6.09. The maximum Gasteiger partial charge on any atom is 0.219 e. The Balaban J connectivity index is 1.21. The summed E-state index contributed by atoms with van der Waals surface area (Å²) in [5.41, 5.74) is 5.16. The van der Waals surface area contributed by atoms with Crippen LogP contribution in [0.5, 0.6) is 23.1 Å². The quantitative estimate of drug-likeness (QED) is 0.143. The van der Waals surface area contributed by atoms with Gasteiger partial charge in [0.2, 0.25) is 5.88 Å². The third-order valence-corrected chi connectivity index (χ3v) is 6.72. The molecule has 5 aromatic rings. The molecule has 1 N–H and O–H groups in total. The number of nitrogens with one attached hydrogen (secondary N) is 1. The second-order valence-corrected chi connectivity index (χ2v) is 9.63. The molecule has 0 aliphatic rings. The molecule has 2 aromatic heterocycles. The predicted octanol–water partition coefficient (Wildman–Crippen LogP) is 5.96. The van der Waals surface area contributed by atoms with Crippen molar-refractivity contribution in [1.29, 1.82) is 0 Å². The molecule has 9 heteroatoms. The number of anilines is 1. The summed E-state index contributed by atoms with van der Waals surface area (Å²) in [6, 6.07) is 27.7. The van der Waals surface area contributed by atoms with Crippen LogP contribution in [-0.2, 0) is 17.7 Å². The SMILES string of the molecule is COc1cccc(CNc2ccnc(OCCOCCOc3cccc(OC)c3)c2Cc2ccc(-n3cccn3)cc2)c1. The van der Waals surface area contributed by atoms with Gasteiger partial charge in [-0.2, -0.15) is 5.10 Å². The minimum atomic E-state index is 0.358. The maximum atomic E-state index is 6.15. The summed E-state index contributed by atoms with van der Waals surface area (Å²) in [4.78, 5) is 4.58. The number of ether oxygens (including phenoxy) is 5. The Morgan fingerprint density at radius 2 is 1.44 bits per heavy atom. The van der Waals surface area contributed by atoms with Gasteiger partial charge in [-0.3, -0.25) is 0 Å². The second kappa shape index (κ2) is 15.3. The second-order valence-electron chi connectivity index (χ2n) is 9.63. The molecule has 0 aliphatic carbocycles. The minimum absolute atomic E-state index is 0.358. The lowest BCUT2D eigenvalue weighted by Crippen LogP contribution is -2.14. The van der Waals surface area contributed by atoms with E-state index < -0.39 is 0 Å². The summed E-state index contributed by atoms with van der Waals surface area (Å²) in [5, 5.41) is 7.89. The van der Waals surface area contributed by atoms with Crippen molar-refractivity contribution >= 4 is 5.69 Å². The van der Waals surface area contributed by atoms with Crippen LogP contribution in [0.1, 0.15) is 16.7 Å². The minimum Gasteiger partial charge on any atom is -0.497 e. The number of methoxy groups -OCH3 is 2. The van der Waals surface area contributed by atoms with Gasteiger partial charge in [-0.1, -0.05) is 30.3 Å². The van der Waals surface area contributed by atoms with E-state index in [1.165, 1.54) is 0 Å². The van der Waals surface area contributed by atoms with E-state index in [1.54, 1.807) is 26.6 Å². The van der Waals surface area contributed by atoms with Crippen LogP contribution in [-0.4, -0.2) is 55.4 Å². The molecular weight excluding hydrogens is 544 g/mol. The van der Waals surface area contributed by atoms with Crippen molar-refractivity contribution in [2.75, 3.05) is 46.0 Å². The topological polar surface area (TPSA) is 88.9 Å². The Morgan fingerprint density at radius 1 is 0.698 bits per heavy atom. The molecule has 0 radical (unpaired) electrons. The van der Waals surface area contributed by atoms with E-state index in [0.29, 0.717) is 45.3 Å². The van der Waals surface area contributed by atoms with Crippen molar-refractivity contribution in [3.05, 3.63) is 120 Å². The largest absolute Gasteiger partial charge is 0.497 e. The van der Waals surface area contributed by atoms with Crippen molar-refractivity contribution in [1.82, 2.24) is 14.8 Å². The normalized spacial score (nSPS) is 10.7. The van der Waals surface area contributed by atoms with Crippen LogP contribution in [0.2, 0.25) is 0 Å². The van der Waals surface area contributed by atoms with Crippen LogP contribution in [0.15, 0.2) is 104 Å². The van der Waals surface area contributed by atoms with E-state index in [-0.39, 0.29) is 0 Å². The van der Waals surface area contributed by atoms with Crippen molar-refractivity contribution in [3.8, 4) is 28.8 Å². The summed E-state index contributed by atoms with van der Waals surface area (Å²) in [7, 11) is 3.31. The number of hydrogen-bond acceptors (Lipinski definition) is 8. The van der Waals surface area contributed by atoms with Crippen LogP contribution < -0.4 is 24.3 Å². The van der Waals surface area contributed by atoms with Gasteiger partial charge in [0.25, 0.3) is 0 Å². The highest BCUT2D eigenvalue weighted by molar-refractivity contribution is 5.57. The third kappa shape index (κ3) is 8.50. The fourth-order valence-corrected chi connectivity index (χ4v) is 4.51. The maximum absolute atomic E-state index is 6.15. The van der Waals surface area contributed by atoms with Crippen molar-refractivity contribution < 1.29 is 23.7 Å². The first-order valence-corrected chi connectivity index (χ1v) is 14.1. The van der Waals surface area contributed by atoms with E-state index >= 15 is 0 Å². The average Bonchev–Trinajstić information content (AvgIpc) is 3.60. The monoisotopic (exact) mass is 580 g/mol. The number of benzene rings is 3. The van der Waals surface area contributed by atoms with Crippen molar-refractivity contribution in [2.45, 2.75) is 13.0 Å². The molecule has 0 saturated carbocycles. The van der Waals surface area contributed by atoms with E-state index in [1.807, 2.05) is 65.5 Å². The highest BCUT2D eigenvalue weighted by Gasteiger charge is 2.13. The predicted molar refractivity (Wildman–Crippen MR) is 166 cm³/mol. The molecule has 9 nitrogen and oxygen atoms in total. The Kier molecular flexibility index (Phi) is 10.5. The lowest BCUT2D eigenvalue weighted by atomic mass is 10.0. The molecule has 0 bridgehead atoms. The summed E-state index contributed by atoms with van der Waals surface area (Å²) < 4.78 is 30.1. The van der Waals surface area contributed by atoms with Crippen molar-refractivity contribution in [3.63, 3.8) is 0 Å². The zero-order chi connectivity index (χ0) is 29.7. The third-order valence-electron chi connectivity index (χ3n) is 6.72. The molecule has 0 unspecified atom stereocenters. The Bertz CT molecular complexity index is 1560. The molecule has 0 spiro atoms. The van der Waals surface area contributed by atoms with E-state index in [0.717, 1.165) is 45.3 Å². The number of hydrogen-bond donors (Lipinski definition) is 1. The zero-order valence-electron chi connectivity index (χ0n) is 24.4. The fourth-order valence-electron chi connectivity index (χ4n) is 4.51. The first-order valence-electron chi connectivity index (χ1n) is 14.1. The standard InChI is InChI=1S/C34H36N4O5/c1-39-29-7-3-6-27(22-29)25-36-33-14-16-35-34(32(33)23-26-10-12-28(13-11-26)38-17-5-15-37-38)43-21-19-41-18-20-42-31-9-4-8-30(24-31)40-2/h3-17,22,24H,18-21,23,25H2,1-2H3,(H,35,36). The van der Waals surface area contributed by atoms with Crippen LogP contribution in [0.25, 0.3) is 5.69 Å². The smallest absolute Gasteiger partial charge is 0.219 e. The van der Waals surface area contributed by atoms with Gasteiger partial charge in [0.05, 0.1) is 33.1 Å². The number of pyridine rings is 1. The molecule has 2 heterocycles. The van der Waals surface area contributed by atoms with Gasteiger partial charge in [0, 0.05) is 48.9 Å². The van der Waals surface area contributed by atoms with Crippen LogP contribution in [0.3, 0.4) is 0 Å². The van der Waals surface area contributed by atoms with Crippen LogP contribution in [0.4, 0.5) is 5.69 Å². The highest BCUT2D eigenvalue weighted by Crippen LogP contribution is 2.28. The molecule has 222 valence electrons. The Hall–Kier alpha value is -5.02. The van der Waals surface area contributed by atoms with E-state index in [9.17, 15) is 0 Å². The van der Waals surface area contributed by atoms with Gasteiger partial charge in [0.15, 0.2) is 0 Å². The number of nitrogens with zero attached hydrogens (tertiary/aromatic N) is 3. The Morgan fingerprint density at radius 3 is 2.21 bits per heavy atom. The van der Waals surface area contributed by atoms with Gasteiger partial charge >= 0.3 is 0 Å². The molecule has 43 heavy (non-hydrogen) atoms. The van der Waals surface area contributed by atoms with Gasteiger partial charge in [-0.05, 0) is 59.7 Å². The van der Waals surface area contributed by atoms with E-state index in [4.69, 9.17) is 23.7 Å². The molecule has 3 aromatic carbocycles.